The van der Waals surface area contributed by atoms with Crippen molar-refractivity contribution >= 4 is 11.6 Å². The molecule has 0 radical (unpaired) electrons. The van der Waals surface area contributed by atoms with E-state index in [1.54, 1.807) is 0 Å². The van der Waals surface area contributed by atoms with Crippen LogP contribution in [0, 0.1) is 6.92 Å². The van der Waals surface area contributed by atoms with Gasteiger partial charge in [-0.3, -0.25) is 4.90 Å². The zero-order chi connectivity index (χ0) is 14.8. The minimum absolute atomic E-state index is 0.0521. The summed E-state index contributed by atoms with van der Waals surface area (Å²) in [6.07, 6.45) is 1.000. The number of nitrogens with zero attached hydrogens (tertiary/aromatic N) is 1. The molecule has 0 amide bonds. The van der Waals surface area contributed by atoms with Gasteiger partial charge in [-0.15, -0.1) is 0 Å². The summed E-state index contributed by atoms with van der Waals surface area (Å²) < 4.78 is 5.46. The van der Waals surface area contributed by atoms with Crippen LogP contribution in [0.1, 0.15) is 37.4 Å². The van der Waals surface area contributed by atoms with Crippen molar-refractivity contribution in [3.63, 3.8) is 0 Å². The van der Waals surface area contributed by atoms with Gasteiger partial charge in [0.05, 0.1) is 13.2 Å². The van der Waals surface area contributed by atoms with Gasteiger partial charge in [0.2, 0.25) is 0 Å². The highest BCUT2D eigenvalue weighted by Gasteiger charge is 2.37. The number of halogens is 1. The highest BCUT2D eigenvalue weighted by molar-refractivity contribution is 6.31. The number of morpholine rings is 1. The fourth-order valence-electron chi connectivity index (χ4n) is 2.88. The van der Waals surface area contributed by atoms with Crippen molar-refractivity contribution in [1.29, 1.82) is 0 Å². The second-order valence-electron chi connectivity index (χ2n) is 5.80. The van der Waals surface area contributed by atoms with E-state index < -0.39 is 0 Å². The highest BCUT2D eigenvalue weighted by atomic mass is 35.5. The maximum Gasteiger partial charge on any atom is 0.0594 e. The SMILES string of the molecule is CCC(C)(C(N)c1ccc(C)c(Cl)c1)N1CCOCC1. The first-order valence-corrected chi connectivity index (χ1v) is 7.71. The van der Waals surface area contributed by atoms with E-state index in [0.717, 1.165) is 48.9 Å². The van der Waals surface area contributed by atoms with Crippen LogP contribution in [0.15, 0.2) is 18.2 Å². The van der Waals surface area contributed by atoms with Crippen LogP contribution in [0.25, 0.3) is 0 Å². The molecule has 0 aromatic heterocycles. The molecule has 1 aromatic carbocycles. The summed E-state index contributed by atoms with van der Waals surface area (Å²) >= 11 is 6.25. The number of benzene rings is 1. The van der Waals surface area contributed by atoms with Crippen molar-refractivity contribution in [3.8, 4) is 0 Å². The molecule has 0 aliphatic carbocycles. The molecule has 2 rings (SSSR count). The summed E-state index contributed by atoms with van der Waals surface area (Å²) in [4.78, 5) is 2.45. The fourth-order valence-corrected chi connectivity index (χ4v) is 3.06. The lowest BCUT2D eigenvalue weighted by Crippen LogP contribution is -2.56. The Morgan fingerprint density at radius 2 is 2.05 bits per heavy atom. The van der Waals surface area contributed by atoms with Gasteiger partial charge in [0.1, 0.15) is 0 Å². The second-order valence-corrected chi connectivity index (χ2v) is 6.20. The fraction of sp³-hybridized carbons (Fsp3) is 0.625. The molecular weight excluding hydrogens is 272 g/mol. The van der Waals surface area contributed by atoms with Crippen LogP contribution in [0.3, 0.4) is 0 Å². The number of rotatable bonds is 4. The van der Waals surface area contributed by atoms with Crippen LogP contribution in [-0.2, 0) is 4.74 Å². The maximum absolute atomic E-state index is 6.59. The zero-order valence-corrected chi connectivity index (χ0v) is 13.4. The first-order chi connectivity index (χ1) is 9.49. The Balaban J connectivity index is 2.26. The van der Waals surface area contributed by atoms with Crippen LogP contribution in [0.5, 0.6) is 0 Å². The molecule has 0 spiro atoms. The number of aryl methyl sites for hydroxylation is 1. The first kappa shape index (κ1) is 15.8. The Hall–Kier alpha value is -0.610. The van der Waals surface area contributed by atoms with Crippen molar-refractivity contribution in [3.05, 3.63) is 34.3 Å². The van der Waals surface area contributed by atoms with E-state index >= 15 is 0 Å². The topological polar surface area (TPSA) is 38.5 Å². The average Bonchev–Trinajstić information content (AvgIpc) is 2.49. The zero-order valence-electron chi connectivity index (χ0n) is 12.7. The summed E-state index contributed by atoms with van der Waals surface area (Å²) in [5, 5.41) is 0.790. The molecule has 2 N–H and O–H groups in total. The molecule has 0 saturated carbocycles. The molecule has 3 nitrogen and oxygen atoms in total. The van der Waals surface area contributed by atoms with Crippen molar-refractivity contribution in [1.82, 2.24) is 4.90 Å². The molecule has 4 heteroatoms. The second kappa shape index (κ2) is 6.44. The smallest absolute Gasteiger partial charge is 0.0594 e. The number of nitrogens with two attached hydrogens (primary N) is 1. The molecule has 1 fully saturated rings. The summed E-state index contributed by atoms with van der Waals surface area (Å²) in [5.41, 5.74) is 8.72. The number of hydrogen-bond acceptors (Lipinski definition) is 3. The summed E-state index contributed by atoms with van der Waals surface area (Å²) in [7, 11) is 0. The Morgan fingerprint density at radius 3 is 2.60 bits per heavy atom. The molecular formula is C16H25ClN2O. The lowest BCUT2D eigenvalue weighted by Gasteiger charge is -2.46. The lowest BCUT2D eigenvalue weighted by atomic mass is 9.83. The number of ether oxygens (including phenoxy) is 1. The molecule has 112 valence electrons. The van der Waals surface area contributed by atoms with Gasteiger partial charge >= 0.3 is 0 Å². The van der Waals surface area contributed by atoms with E-state index in [-0.39, 0.29) is 11.6 Å². The lowest BCUT2D eigenvalue weighted by molar-refractivity contribution is -0.0277. The van der Waals surface area contributed by atoms with Gasteiger partial charge in [0.15, 0.2) is 0 Å². The van der Waals surface area contributed by atoms with Gasteiger partial charge < -0.3 is 10.5 Å². The van der Waals surface area contributed by atoms with Gasteiger partial charge in [-0.05, 0) is 37.5 Å². The van der Waals surface area contributed by atoms with Gasteiger partial charge in [0.25, 0.3) is 0 Å². The van der Waals surface area contributed by atoms with Gasteiger partial charge in [-0.2, -0.15) is 0 Å². The molecule has 1 saturated heterocycles. The van der Waals surface area contributed by atoms with Crippen LogP contribution < -0.4 is 5.73 Å². The van der Waals surface area contributed by atoms with Crippen molar-refractivity contribution < 1.29 is 4.74 Å². The van der Waals surface area contributed by atoms with E-state index in [0.29, 0.717) is 0 Å². The number of hydrogen-bond donors (Lipinski definition) is 1. The minimum atomic E-state index is -0.0671. The molecule has 2 atom stereocenters. The molecule has 2 unspecified atom stereocenters. The van der Waals surface area contributed by atoms with Crippen LogP contribution >= 0.6 is 11.6 Å². The third-order valence-corrected chi connectivity index (χ3v) is 5.08. The van der Waals surface area contributed by atoms with Crippen LogP contribution in [-0.4, -0.2) is 36.7 Å². The maximum atomic E-state index is 6.59. The Bertz CT molecular complexity index is 460. The van der Waals surface area contributed by atoms with Crippen LogP contribution in [0.2, 0.25) is 5.02 Å². The molecule has 1 heterocycles. The normalized spacial score (nSPS) is 21.4. The monoisotopic (exact) mass is 296 g/mol. The van der Waals surface area contributed by atoms with Crippen molar-refractivity contribution in [2.45, 2.75) is 38.8 Å². The Labute approximate surface area is 127 Å². The largest absolute Gasteiger partial charge is 0.379 e. The van der Waals surface area contributed by atoms with E-state index in [4.69, 9.17) is 22.1 Å². The predicted octanol–water partition coefficient (Wildman–Crippen LogP) is 3.15. The third kappa shape index (κ3) is 3.01. The summed E-state index contributed by atoms with van der Waals surface area (Å²) in [5.74, 6) is 0. The van der Waals surface area contributed by atoms with Gasteiger partial charge in [-0.1, -0.05) is 30.7 Å². The Morgan fingerprint density at radius 1 is 1.40 bits per heavy atom. The minimum Gasteiger partial charge on any atom is -0.379 e. The molecule has 1 aliphatic heterocycles. The molecule has 20 heavy (non-hydrogen) atoms. The third-order valence-electron chi connectivity index (χ3n) is 4.67. The van der Waals surface area contributed by atoms with E-state index in [2.05, 4.69) is 24.8 Å². The summed E-state index contributed by atoms with van der Waals surface area (Å²) in [6, 6.07) is 6.10. The predicted molar refractivity (Wildman–Crippen MR) is 84.2 cm³/mol. The Kier molecular flexibility index (Phi) is 5.08. The van der Waals surface area contributed by atoms with Crippen molar-refractivity contribution in [2.75, 3.05) is 26.3 Å². The van der Waals surface area contributed by atoms with E-state index in [1.807, 2.05) is 19.1 Å². The van der Waals surface area contributed by atoms with Crippen LogP contribution in [0.4, 0.5) is 0 Å². The highest BCUT2D eigenvalue weighted by Crippen LogP contribution is 2.34. The van der Waals surface area contributed by atoms with Crippen molar-refractivity contribution in [2.24, 2.45) is 5.73 Å². The van der Waals surface area contributed by atoms with E-state index in [1.165, 1.54) is 0 Å². The molecule has 0 bridgehead atoms. The van der Waals surface area contributed by atoms with Gasteiger partial charge in [0, 0.05) is 29.7 Å². The summed E-state index contributed by atoms with van der Waals surface area (Å²) in [6.45, 7) is 9.92. The van der Waals surface area contributed by atoms with E-state index in [9.17, 15) is 0 Å². The quantitative estimate of drug-likeness (QED) is 0.927. The standard InChI is InChI=1S/C16H25ClN2O/c1-4-16(3,19-7-9-20-10-8-19)15(18)13-6-5-12(2)14(17)11-13/h5-6,11,15H,4,7-10,18H2,1-3H3. The van der Waals surface area contributed by atoms with Gasteiger partial charge in [-0.25, -0.2) is 0 Å². The molecule has 1 aliphatic rings. The average molecular weight is 297 g/mol. The molecule has 1 aromatic rings. The first-order valence-electron chi connectivity index (χ1n) is 7.33.